The van der Waals surface area contributed by atoms with Crippen LogP contribution >= 0.6 is 11.3 Å². The monoisotopic (exact) mass is 369 g/mol. The zero-order valence-corrected chi connectivity index (χ0v) is 15.5. The Kier molecular flexibility index (Phi) is 5.48. The fourth-order valence-electron chi connectivity index (χ4n) is 2.26. The van der Waals surface area contributed by atoms with Crippen molar-refractivity contribution in [2.24, 2.45) is 0 Å². The Bertz CT molecular complexity index is 893. The topological polar surface area (TPSA) is 73.3 Å². The summed E-state index contributed by atoms with van der Waals surface area (Å²) in [6.07, 6.45) is -0.649. The van der Waals surface area contributed by atoms with Crippen molar-refractivity contribution < 1.29 is 14.3 Å². The lowest BCUT2D eigenvalue weighted by Crippen LogP contribution is -2.30. The lowest BCUT2D eigenvalue weighted by Gasteiger charge is -2.15. The van der Waals surface area contributed by atoms with Crippen molar-refractivity contribution in [3.8, 4) is 22.1 Å². The molecule has 0 fully saturated rings. The number of hydrogen-bond donors (Lipinski definition) is 1. The summed E-state index contributed by atoms with van der Waals surface area (Å²) in [5.74, 6) is 1.19. The number of nitrogens with zero attached hydrogens (tertiary/aromatic N) is 2. The summed E-state index contributed by atoms with van der Waals surface area (Å²) in [6, 6.07) is 15.1. The summed E-state index contributed by atoms with van der Waals surface area (Å²) in [7, 11) is 1.62. The molecule has 7 heteroatoms. The van der Waals surface area contributed by atoms with E-state index in [-0.39, 0.29) is 5.91 Å². The van der Waals surface area contributed by atoms with Gasteiger partial charge in [0, 0.05) is 5.56 Å². The Morgan fingerprint density at radius 3 is 2.54 bits per heavy atom. The van der Waals surface area contributed by atoms with Crippen LogP contribution in [0.25, 0.3) is 10.6 Å². The van der Waals surface area contributed by atoms with Crippen LogP contribution in [0.4, 0.5) is 5.13 Å². The zero-order valence-electron chi connectivity index (χ0n) is 14.7. The Morgan fingerprint density at radius 1 is 1.12 bits per heavy atom. The quantitative estimate of drug-likeness (QED) is 0.713. The van der Waals surface area contributed by atoms with E-state index in [2.05, 4.69) is 15.5 Å². The van der Waals surface area contributed by atoms with Crippen LogP contribution in [0, 0.1) is 6.92 Å². The van der Waals surface area contributed by atoms with Crippen LogP contribution in [0.5, 0.6) is 11.5 Å². The van der Waals surface area contributed by atoms with Crippen LogP contribution in [-0.2, 0) is 4.79 Å². The third-order valence-electron chi connectivity index (χ3n) is 3.76. The molecule has 0 saturated heterocycles. The van der Waals surface area contributed by atoms with Crippen molar-refractivity contribution in [3.63, 3.8) is 0 Å². The van der Waals surface area contributed by atoms with Gasteiger partial charge in [-0.1, -0.05) is 29.5 Å². The van der Waals surface area contributed by atoms with E-state index in [9.17, 15) is 4.79 Å². The van der Waals surface area contributed by atoms with Crippen LogP contribution in [0.2, 0.25) is 0 Å². The number of ether oxygens (including phenoxy) is 2. The van der Waals surface area contributed by atoms with Crippen LogP contribution in [0.1, 0.15) is 12.5 Å². The van der Waals surface area contributed by atoms with Gasteiger partial charge in [-0.25, -0.2) is 0 Å². The first-order valence-corrected chi connectivity index (χ1v) is 8.89. The molecule has 0 aliphatic heterocycles. The molecular formula is C19H19N3O3S. The number of amides is 1. The van der Waals surface area contributed by atoms with Crippen molar-refractivity contribution in [2.45, 2.75) is 20.0 Å². The van der Waals surface area contributed by atoms with E-state index in [4.69, 9.17) is 9.47 Å². The summed E-state index contributed by atoms with van der Waals surface area (Å²) in [5, 5.41) is 12.1. The Balaban J connectivity index is 1.64. The van der Waals surface area contributed by atoms with E-state index in [0.29, 0.717) is 10.9 Å². The molecule has 1 heterocycles. The molecule has 1 amide bonds. The molecule has 3 aromatic rings. The van der Waals surface area contributed by atoms with E-state index in [1.165, 1.54) is 11.3 Å². The van der Waals surface area contributed by atoms with Gasteiger partial charge in [-0.3, -0.25) is 10.1 Å². The summed E-state index contributed by atoms with van der Waals surface area (Å²) >= 11 is 1.30. The van der Waals surface area contributed by atoms with Crippen LogP contribution < -0.4 is 14.8 Å². The van der Waals surface area contributed by atoms with E-state index >= 15 is 0 Å². The number of carbonyl (C=O) groups excluding carboxylic acids is 1. The largest absolute Gasteiger partial charge is 0.497 e. The van der Waals surface area contributed by atoms with Gasteiger partial charge in [0.1, 0.15) is 16.5 Å². The van der Waals surface area contributed by atoms with Crippen molar-refractivity contribution in [1.82, 2.24) is 10.2 Å². The fourth-order valence-corrected chi connectivity index (χ4v) is 3.02. The standard InChI is InChI=1S/C19H19N3O3S/c1-12-6-4-5-7-16(12)25-13(2)17(23)20-19-22-21-18(26-19)14-8-10-15(24-3)11-9-14/h4-11,13H,1-3H3,(H,20,22,23)/t13-/m0/s1. The maximum atomic E-state index is 12.3. The molecule has 0 bridgehead atoms. The number of carbonyl (C=O) groups is 1. The predicted molar refractivity (Wildman–Crippen MR) is 102 cm³/mol. The molecule has 0 spiro atoms. The Hall–Kier alpha value is -2.93. The molecule has 0 aliphatic rings. The van der Waals surface area contributed by atoms with Gasteiger partial charge in [-0.05, 0) is 49.7 Å². The molecule has 2 aromatic carbocycles. The smallest absolute Gasteiger partial charge is 0.266 e. The van der Waals surface area contributed by atoms with Gasteiger partial charge in [-0.15, -0.1) is 10.2 Å². The van der Waals surface area contributed by atoms with Crippen molar-refractivity contribution in [1.29, 1.82) is 0 Å². The molecule has 0 radical (unpaired) electrons. The summed E-state index contributed by atoms with van der Waals surface area (Å²) < 4.78 is 10.9. The number of benzene rings is 2. The predicted octanol–water partition coefficient (Wildman–Crippen LogP) is 3.93. The first kappa shape index (κ1) is 17.9. The average Bonchev–Trinajstić information content (AvgIpc) is 3.12. The van der Waals surface area contributed by atoms with Gasteiger partial charge in [0.2, 0.25) is 5.13 Å². The van der Waals surface area contributed by atoms with Gasteiger partial charge in [0.15, 0.2) is 6.10 Å². The molecule has 0 saturated carbocycles. The molecular weight excluding hydrogens is 350 g/mol. The lowest BCUT2D eigenvalue weighted by molar-refractivity contribution is -0.122. The lowest BCUT2D eigenvalue weighted by atomic mass is 10.2. The number of aromatic nitrogens is 2. The number of anilines is 1. The minimum absolute atomic E-state index is 0.273. The maximum absolute atomic E-state index is 12.3. The van der Waals surface area contributed by atoms with Gasteiger partial charge in [0.05, 0.1) is 7.11 Å². The molecule has 0 aliphatic carbocycles. The minimum Gasteiger partial charge on any atom is -0.497 e. The van der Waals surface area contributed by atoms with Crippen molar-refractivity contribution >= 4 is 22.4 Å². The average molecular weight is 369 g/mol. The molecule has 6 nitrogen and oxygen atoms in total. The second kappa shape index (κ2) is 7.97. The second-order valence-corrected chi connectivity index (χ2v) is 6.63. The zero-order chi connectivity index (χ0) is 18.5. The van der Waals surface area contributed by atoms with Gasteiger partial charge < -0.3 is 9.47 Å². The third kappa shape index (κ3) is 4.18. The maximum Gasteiger partial charge on any atom is 0.266 e. The van der Waals surface area contributed by atoms with E-state index < -0.39 is 6.10 Å². The molecule has 1 N–H and O–H groups in total. The van der Waals surface area contributed by atoms with Crippen LogP contribution in [0.3, 0.4) is 0 Å². The molecule has 1 atom stereocenters. The summed E-state index contributed by atoms with van der Waals surface area (Å²) in [6.45, 7) is 3.64. The first-order chi connectivity index (χ1) is 12.6. The van der Waals surface area contributed by atoms with Crippen LogP contribution in [0.15, 0.2) is 48.5 Å². The Labute approximate surface area is 155 Å². The summed E-state index contributed by atoms with van der Waals surface area (Å²) in [4.78, 5) is 12.3. The number of hydrogen-bond acceptors (Lipinski definition) is 6. The molecule has 134 valence electrons. The SMILES string of the molecule is COc1ccc(-c2nnc(NC(=O)[C@H](C)Oc3ccccc3C)s2)cc1. The van der Waals surface area contributed by atoms with Crippen molar-refractivity contribution in [3.05, 3.63) is 54.1 Å². The van der Waals surface area contributed by atoms with Gasteiger partial charge >= 0.3 is 0 Å². The van der Waals surface area contributed by atoms with E-state index in [1.807, 2.05) is 55.5 Å². The third-order valence-corrected chi connectivity index (χ3v) is 4.65. The van der Waals surface area contributed by atoms with E-state index in [1.54, 1.807) is 14.0 Å². The highest BCUT2D eigenvalue weighted by atomic mass is 32.1. The highest BCUT2D eigenvalue weighted by molar-refractivity contribution is 7.18. The van der Waals surface area contributed by atoms with Gasteiger partial charge in [0.25, 0.3) is 5.91 Å². The number of para-hydroxylation sites is 1. The van der Waals surface area contributed by atoms with Crippen LogP contribution in [-0.4, -0.2) is 29.3 Å². The van der Waals surface area contributed by atoms with Gasteiger partial charge in [-0.2, -0.15) is 0 Å². The number of methoxy groups -OCH3 is 1. The molecule has 0 unspecified atom stereocenters. The highest BCUT2D eigenvalue weighted by Crippen LogP contribution is 2.28. The highest BCUT2D eigenvalue weighted by Gasteiger charge is 2.18. The number of aryl methyl sites for hydroxylation is 1. The minimum atomic E-state index is -0.649. The Morgan fingerprint density at radius 2 is 1.85 bits per heavy atom. The molecule has 3 rings (SSSR count). The fraction of sp³-hybridized carbons (Fsp3) is 0.211. The first-order valence-electron chi connectivity index (χ1n) is 8.08. The number of rotatable bonds is 6. The summed E-state index contributed by atoms with van der Waals surface area (Å²) in [5.41, 5.74) is 1.89. The number of nitrogens with one attached hydrogen (secondary N) is 1. The second-order valence-electron chi connectivity index (χ2n) is 5.66. The molecule has 1 aromatic heterocycles. The van der Waals surface area contributed by atoms with Crippen molar-refractivity contribution in [2.75, 3.05) is 12.4 Å². The molecule has 26 heavy (non-hydrogen) atoms. The van der Waals surface area contributed by atoms with E-state index in [0.717, 1.165) is 21.9 Å². The normalized spacial score (nSPS) is 11.7.